The predicted molar refractivity (Wildman–Crippen MR) is 80.4 cm³/mol. The van der Waals surface area contributed by atoms with Gasteiger partial charge in [0.05, 0.1) is 12.1 Å². The second-order valence-electron chi connectivity index (χ2n) is 8.28. The van der Waals surface area contributed by atoms with Gasteiger partial charge < -0.3 is 10.6 Å². The van der Waals surface area contributed by atoms with Crippen molar-refractivity contribution >= 4 is 5.96 Å². The van der Waals surface area contributed by atoms with Crippen LogP contribution in [-0.2, 0) is 0 Å². The molecule has 4 bridgehead atoms. The quantitative estimate of drug-likeness (QED) is 0.798. The summed E-state index contributed by atoms with van der Waals surface area (Å²) in [5.41, 5.74) is 6.74. The highest BCUT2D eigenvalue weighted by molar-refractivity contribution is 5.81. The molecule has 6 rings (SSSR count). The number of aliphatic imine (C=N–C) groups is 1. The first-order valence-corrected chi connectivity index (χ1v) is 8.86. The van der Waals surface area contributed by atoms with Gasteiger partial charge in [-0.2, -0.15) is 0 Å². The second kappa shape index (κ2) is 3.92. The van der Waals surface area contributed by atoms with E-state index in [9.17, 15) is 0 Å². The maximum absolute atomic E-state index is 6.39. The molecule has 0 saturated heterocycles. The zero-order chi connectivity index (χ0) is 13.3. The van der Waals surface area contributed by atoms with Crippen molar-refractivity contribution < 1.29 is 0 Å². The molecule has 0 amide bonds. The molecule has 6 aliphatic rings. The Kier molecular flexibility index (Phi) is 2.33. The van der Waals surface area contributed by atoms with E-state index >= 15 is 0 Å². The van der Waals surface area contributed by atoms with Crippen molar-refractivity contribution in [2.75, 3.05) is 6.54 Å². The van der Waals surface area contributed by atoms with Crippen molar-refractivity contribution in [2.45, 2.75) is 69.4 Å². The van der Waals surface area contributed by atoms with Crippen molar-refractivity contribution in [3.8, 4) is 0 Å². The molecule has 1 spiro atoms. The first kappa shape index (κ1) is 11.9. The molecule has 110 valence electrons. The highest BCUT2D eigenvalue weighted by Gasteiger charge is 2.62. The Hall–Kier alpha value is -0.730. The van der Waals surface area contributed by atoms with Crippen LogP contribution in [0.5, 0.6) is 0 Å². The van der Waals surface area contributed by atoms with Crippen LogP contribution in [0.2, 0.25) is 0 Å². The summed E-state index contributed by atoms with van der Waals surface area (Å²) in [6.07, 6.45) is 12.9. The van der Waals surface area contributed by atoms with Gasteiger partial charge in [0.15, 0.2) is 5.96 Å². The van der Waals surface area contributed by atoms with Gasteiger partial charge in [-0.3, -0.25) is 4.99 Å². The van der Waals surface area contributed by atoms with E-state index in [0.29, 0.717) is 11.6 Å². The fourth-order valence-electron chi connectivity index (χ4n) is 6.91. The summed E-state index contributed by atoms with van der Waals surface area (Å²) < 4.78 is 0. The van der Waals surface area contributed by atoms with Crippen LogP contribution >= 0.6 is 0 Å². The molecular formula is C17H27N3. The normalized spacial score (nSPS) is 50.4. The molecular weight excluding hydrogens is 246 g/mol. The van der Waals surface area contributed by atoms with Crippen LogP contribution in [0.1, 0.15) is 57.8 Å². The second-order valence-corrected chi connectivity index (χ2v) is 8.28. The van der Waals surface area contributed by atoms with E-state index in [1.165, 1.54) is 57.8 Å². The topological polar surface area (TPSA) is 41.6 Å². The highest BCUT2D eigenvalue weighted by Crippen LogP contribution is 2.61. The van der Waals surface area contributed by atoms with E-state index in [1.54, 1.807) is 0 Å². The third kappa shape index (κ3) is 1.35. The molecule has 5 fully saturated rings. The molecule has 1 aliphatic heterocycles. The van der Waals surface area contributed by atoms with Crippen LogP contribution in [-0.4, -0.2) is 29.0 Å². The summed E-state index contributed by atoms with van der Waals surface area (Å²) in [6, 6.07) is 0.707. The molecule has 1 heterocycles. The van der Waals surface area contributed by atoms with Gasteiger partial charge in [0.1, 0.15) is 0 Å². The van der Waals surface area contributed by atoms with E-state index < -0.39 is 0 Å². The van der Waals surface area contributed by atoms with Crippen LogP contribution in [0.3, 0.4) is 0 Å². The van der Waals surface area contributed by atoms with Crippen molar-refractivity contribution in [3.63, 3.8) is 0 Å². The van der Waals surface area contributed by atoms with Gasteiger partial charge in [-0.25, -0.2) is 0 Å². The summed E-state index contributed by atoms with van der Waals surface area (Å²) in [7, 11) is 0. The minimum atomic E-state index is 0.354. The van der Waals surface area contributed by atoms with Crippen molar-refractivity contribution in [1.29, 1.82) is 0 Å². The number of hydrogen-bond donors (Lipinski definition) is 1. The Balaban J connectivity index is 1.55. The van der Waals surface area contributed by atoms with Crippen LogP contribution in [0, 0.1) is 23.7 Å². The van der Waals surface area contributed by atoms with E-state index in [4.69, 9.17) is 10.7 Å². The number of nitrogens with two attached hydrogens (primary N) is 1. The highest BCUT2D eigenvalue weighted by atomic mass is 15.4. The zero-order valence-corrected chi connectivity index (χ0v) is 12.4. The minimum Gasteiger partial charge on any atom is -0.370 e. The lowest BCUT2D eigenvalue weighted by Crippen LogP contribution is -2.68. The summed E-state index contributed by atoms with van der Waals surface area (Å²) >= 11 is 0. The Bertz CT molecular complexity index is 421. The fourth-order valence-corrected chi connectivity index (χ4v) is 6.91. The first-order valence-electron chi connectivity index (χ1n) is 8.86. The van der Waals surface area contributed by atoms with Gasteiger partial charge in [0.25, 0.3) is 0 Å². The maximum atomic E-state index is 6.39. The van der Waals surface area contributed by atoms with Gasteiger partial charge in [-0.15, -0.1) is 0 Å². The van der Waals surface area contributed by atoms with Crippen LogP contribution in [0.4, 0.5) is 0 Å². The molecule has 3 heteroatoms. The van der Waals surface area contributed by atoms with Crippen LogP contribution in [0.25, 0.3) is 0 Å². The molecule has 0 atom stereocenters. The molecule has 0 radical (unpaired) electrons. The van der Waals surface area contributed by atoms with Gasteiger partial charge in [0, 0.05) is 6.04 Å². The molecule has 0 aromatic carbocycles. The van der Waals surface area contributed by atoms with Crippen molar-refractivity contribution in [3.05, 3.63) is 0 Å². The largest absolute Gasteiger partial charge is 0.370 e. The smallest absolute Gasteiger partial charge is 0.192 e. The number of nitrogens with zero attached hydrogens (tertiary/aromatic N) is 2. The maximum Gasteiger partial charge on any atom is 0.192 e. The molecule has 0 aromatic rings. The third-order valence-corrected chi connectivity index (χ3v) is 7.43. The average Bonchev–Trinajstić information content (AvgIpc) is 3.03. The lowest BCUT2D eigenvalue weighted by atomic mass is 9.48. The number of hydrogen-bond acceptors (Lipinski definition) is 3. The molecule has 20 heavy (non-hydrogen) atoms. The van der Waals surface area contributed by atoms with Crippen LogP contribution in [0.15, 0.2) is 4.99 Å². The Labute approximate surface area is 122 Å². The molecule has 2 N–H and O–H groups in total. The lowest BCUT2D eigenvalue weighted by molar-refractivity contribution is -0.111. The lowest BCUT2D eigenvalue weighted by Gasteiger charge is -2.63. The summed E-state index contributed by atoms with van der Waals surface area (Å²) in [5, 5.41) is 0. The van der Waals surface area contributed by atoms with E-state index in [0.717, 1.165) is 36.2 Å². The first-order chi connectivity index (χ1) is 9.77. The molecule has 0 aromatic heterocycles. The summed E-state index contributed by atoms with van der Waals surface area (Å²) in [5.74, 6) is 4.75. The van der Waals surface area contributed by atoms with E-state index in [1.807, 2.05) is 0 Å². The number of rotatable bonds is 1. The molecule has 5 saturated carbocycles. The standard InChI is InChI=1S/C17H27N3/c18-16-19-10-17(20(16)15-3-1-2-4-15)13-6-11-5-12(8-13)9-14(17)7-11/h11-15H,1-10H2,(H2,18,19). The average molecular weight is 273 g/mol. The molecule has 5 aliphatic carbocycles. The van der Waals surface area contributed by atoms with E-state index in [-0.39, 0.29) is 0 Å². The number of guanidine groups is 1. The van der Waals surface area contributed by atoms with Crippen LogP contribution < -0.4 is 5.73 Å². The Morgan fingerprint density at radius 3 is 2.15 bits per heavy atom. The monoisotopic (exact) mass is 273 g/mol. The van der Waals surface area contributed by atoms with Crippen molar-refractivity contribution in [2.24, 2.45) is 34.4 Å². The van der Waals surface area contributed by atoms with E-state index in [2.05, 4.69) is 4.90 Å². The predicted octanol–water partition coefficient (Wildman–Crippen LogP) is 2.75. The van der Waals surface area contributed by atoms with Gasteiger partial charge >= 0.3 is 0 Å². The zero-order valence-electron chi connectivity index (χ0n) is 12.4. The van der Waals surface area contributed by atoms with Crippen molar-refractivity contribution in [1.82, 2.24) is 4.90 Å². The molecule has 0 unspecified atom stereocenters. The van der Waals surface area contributed by atoms with Gasteiger partial charge in [-0.05, 0) is 68.6 Å². The van der Waals surface area contributed by atoms with Gasteiger partial charge in [-0.1, -0.05) is 12.8 Å². The Morgan fingerprint density at radius 2 is 1.55 bits per heavy atom. The summed E-state index contributed by atoms with van der Waals surface area (Å²) in [6.45, 7) is 1.02. The fraction of sp³-hybridized carbons (Fsp3) is 0.941. The third-order valence-electron chi connectivity index (χ3n) is 7.43. The summed E-state index contributed by atoms with van der Waals surface area (Å²) in [4.78, 5) is 7.46. The minimum absolute atomic E-state index is 0.354. The van der Waals surface area contributed by atoms with Gasteiger partial charge in [0.2, 0.25) is 0 Å². The molecule has 3 nitrogen and oxygen atoms in total. The SMILES string of the molecule is NC1=NCC2(C3CC4CC(C3)CC2C4)N1C1CCCC1. The Morgan fingerprint density at radius 1 is 0.950 bits per heavy atom.